The SMILES string of the molecule is CCOc1cc(/C=C2/SC(=Nc3cccc(Cl)c3C)NC2=O)cc(Br)c1OCc1cccc2ccccc12. The number of thioether (sulfide) groups is 1. The third-order valence-corrected chi connectivity index (χ3v) is 7.90. The molecule has 0 aromatic heterocycles. The number of ether oxygens (including phenoxy) is 2. The Balaban J connectivity index is 1.40. The van der Waals surface area contributed by atoms with Gasteiger partial charge in [0.1, 0.15) is 6.61 Å². The number of benzene rings is 4. The van der Waals surface area contributed by atoms with Crippen molar-refractivity contribution < 1.29 is 14.3 Å². The molecule has 4 aromatic rings. The molecule has 0 radical (unpaired) electrons. The minimum atomic E-state index is -0.209. The number of rotatable bonds is 7. The maximum Gasteiger partial charge on any atom is 0.264 e. The van der Waals surface area contributed by atoms with Gasteiger partial charge in [-0.25, -0.2) is 4.99 Å². The molecule has 8 heteroatoms. The summed E-state index contributed by atoms with van der Waals surface area (Å²) in [6, 6.07) is 23.7. The number of halogens is 2. The number of carbonyl (C=O) groups is 1. The largest absolute Gasteiger partial charge is 0.490 e. The van der Waals surface area contributed by atoms with Gasteiger partial charge >= 0.3 is 0 Å². The summed E-state index contributed by atoms with van der Waals surface area (Å²) in [5.41, 5.74) is 3.47. The van der Waals surface area contributed by atoms with Crippen LogP contribution < -0.4 is 14.8 Å². The number of amidine groups is 1. The zero-order chi connectivity index (χ0) is 26.6. The molecule has 192 valence electrons. The first-order valence-corrected chi connectivity index (χ1v) is 14.0. The monoisotopic (exact) mass is 606 g/mol. The molecule has 1 amide bonds. The minimum absolute atomic E-state index is 0.209. The highest BCUT2D eigenvalue weighted by Crippen LogP contribution is 2.39. The van der Waals surface area contributed by atoms with E-state index in [0.717, 1.165) is 32.2 Å². The van der Waals surface area contributed by atoms with E-state index >= 15 is 0 Å². The molecule has 0 bridgehead atoms. The topological polar surface area (TPSA) is 59.9 Å². The summed E-state index contributed by atoms with van der Waals surface area (Å²) in [6.45, 7) is 4.69. The zero-order valence-electron chi connectivity index (χ0n) is 20.8. The molecule has 38 heavy (non-hydrogen) atoms. The predicted molar refractivity (Wildman–Crippen MR) is 161 cm³/mol. The van der Waals surface area contributed by atoms with Gasteiger partial charge in [-0.3, -0.25) is 4.79 Å². The Hall–Kier alpha value is -3.26. The van der Waals surface area contributed by atoms with Crippen LogP contribution in [0.25, 0.3) is 16.8 Å². The number of hydrogen-bond acceptors (Lipinski definition) is 5. The number of hydrogen-bond donors (Lipinski definition) is 1. The molecule has 1 N–H and O–H groups in total. The minimum Gasteiger partial charge on any atom is -0.490 e. The maximum atomic E-state index is 12.7. The van der Waals surface area contributed by atoms with E-state index in [1.807, 2.05) is 68.5 Å². The van der Waals surface area contributed by atoms with Crippen LogP contribution in [0.15, 0.2) is 87.2 Å². The van der Waals surface area contributed by atoms with Gasteiger partial charge in [-0.2, -0.15) is 0 Å². The third-order valence-electron chi connectivity index (χ3n) is 5.99. The van der Waals surface area contributed by atoms with E-state index in [4.69, 9.17) is 21.1 Å². The highest BCUT2D eigenvalue weighted by atomic mass is 79.9. The van der Waals surface area contributed by atoms with Crippen molar-refractivity contribution in [1.29, 1.82) is 0 Å². The summed E-state index contributed by atoms with van der Waals surface area (Å²) in [6.07, 6.45) is 1.81. The van der Waals surface area contributed by atoms with Crippen LogP contribution in [0.5, 0.6) is 11.5 Å². The lowest BCUT2D eigenvalue weighted by Crippen LogP contribution is -2.19. The van der Waals surface area contributed by atoms with Crippen LogP contribution in [0.3, 0.4) is 0 Å². The van der Waals surface area contributed by atoms with E-state index in [1.54, 1.807) is 0 Å². The summed E-state index contributed by atoms with van der Waals surface area (Å²) in [7, 11) is 0. The lowest BCUT2D eigenvalue weighted by Gasteiger charge is -2.15. The molecule has 5 rings (SSSR count). The van der Waals surface area contributed by atoms with E-state index in [0.29, 0.717) is 39.8 Å². The van der Waals surface area contributed by atoms with E-state index in [1.165, 1.54) is 17.1 Å². The normalized spacial score (nSPS) is 15.3. The number of nitrogens with one attached hydrogen (secondary N) is 1. The summed E-state index contributed by atoms with van der Waals surface area (Å²) in [5.74, 6) is 1.00. The predicted octanol–water partition coefficient (Wildman–Crippen LogP) is 8.43. The average molecular weight is 608 g/mol. The van der Waals surface area contributed by atoms with Crippen molar-refractivity contribution >= 4 is 72.9 Å². The van der Waals surface area contributed by atoms with Crippen LogP contribution in [-0.4, -0.2) is 17.7 Å². The molecule has 0 saturated carbocycles. The van der Waals surface area contributed by atoms with Gasteiger partial charge < -0.3 is 14.8 Å². The lowest BCUT2D eigenvalue weighted by molar-refractivity contribution is -0.115. The van der Waals surface area contributed by atoms with Gasteiger partial charge in [0.2, 0.25) is 0 Å². The first-order valence-electron chi connectivity index (χ1n) is 12.0. The van der Waals surface area contributed by atoms with Crippen LogP contribution in [0.4, 0.5) is 5.69 Å². The number of carbonyl (C=O) groups excluding carboxylic acids is 1. The molecule has 1 heterocycles. The van der Waals surface area contributed by atoms with Gasteiger partial charge in [-0.05, 0) is 99.3 Å². The van der Waals surface area contributed by atoms with Crippen molar-refractivity contribution in [3.63, 3.8) is 0 Å². The van der Waals surface area contributed by atoms with Gasteiger partial charge in [0, 0.05) is 5.02 Å². The second-order valence-corrected chi connectivity index (χ2v) is 10.8. The van der Waals surface area contributed by atoms with Gasteiger partial charge in [0.25, 0.3) is 5.91 Å². The van der Waals surface area contributed by atoms with E-state index in [9.17, 15) is 4.79 Å². The molecule has 1 aliphatic rings. The Morgan fingerprint density at radius 3 is 2.68 bits per heavy atom. The highest BCUT2D eigenvalue weighted by molar-refractivity contribution is 9.10. The fourth-order valence-corrected chi connectivity index (χ4v) is 5.68. The standard InChI is InChI=1S/C30H24BrClN2O3S/c1-3-36-26-15-19(16-27-29(35)34-30(38-27)33-25-13-7-12-24(32)18(25)2)14-23(31)28(26)37-17-21-10-6-9-20-8-4-5-11-22(20)21/h4-16H,3,17H2,1-2H3,(H,33,34,35)/b27-16+. The van der Waals surface area contributed by atoms with Crippen molar-refractivity contribution in [3.8, 4) is 11.5 Å². The van der Waals surface area contributed by atoms with Crippen molar-refractivity contribution in [3.05, 3.63) is 104 Å². The Kier molecular flexibility index (Phi) is 8.07. The molecular weight excluding hydrogens is 584 g/mol. The number of nitrogens with zero attached hydrogens (tertiary/aromatic N) is 1. The molecule has 0 aliphatic carbocycles. The molecule has 0 atom stereocenters. The molecular formula is C30H24BrClN2O3S. The van der Waals surface area contributed by atoms with Crippen molar-refractivity contribution in [2.45, 2.75) is 20.5 Å². The summed E-state index contributed by atoms with van der Waals surface area (Å²) >= 11 is 11.1. The fraction of sp³-hybridized carbons (Fsp3) is 0.133. The summed E-state index contributed by atoms with van der Waals surface area (Å²) in [5, 5.41) is 6.29. The Labute approximate surface area is 239 Å². The number of aliphatic imine (C=N–C) groups is 1. The van der Waals surface area contributed by atoms with Crippen molar-refractivity contribution in [2.75, 3.05) is 6.61 Å². The maximum absolute atomic E-state index is 12.7. The van der Waals surface area contributed by atoms with Gasteiger partial charge in [-0.1, -0.05) is 60.1 Å². The smallest absolute Gasteiger partial charge is 0.264 e. The highest BCUT2D eigenvalue weighted by Gasteiger charge is 2.24. The van der Waals surface area contributed by atoms with Gasteiger partial charge in [-0.15, -0.1) is 0 Å². The summed E-state index contributed by atoms with van der Waals surface area (Å²) < 4.78 is 12.9. The molecule has 1 fully saturated rings. The van der Waals surface area contributed by atoms with Gasteiger partial charge in [0.05, 0.1) is 21.7 Å². The van der Waals surface area contributed by atoms with Gasteiger partial charge in [0.15, 0.2) is 16.7 Å². The molecule has 1 saturated heterocycles. The second kappa shape index (κ2) is 11.6. The van der Waals surface area contributed by atoms with E-state index < -0.39 is 0 Å². The van der Waals surface area contributed by atoms with Crippen LogP contribution in [0.2, 0.25) is 5.02 Å². The molecule has 0 spiro atoms. The number of fused-ring (bicyclic) bond motifs is 1. The second-order valence-electron chi connectivity index (χ2n) is 8.56. The molecule has 1 aliphatic heterocycles. The average Bonchev–Trinajstić information content (AvgIpc) is 3.24. The Bertz CT molecular complexity index is 1600. The zero-order valence-corrected chi connectivity index (χ0v) is 23.9. The first kappa shape index (κ1) is 26.4. The summed E-state index contributed by atoms with van der Waals surface area (Å²) in [4.78, 5) is 17.8. The van der Waals surface area contributed by atoms with Crippen LogP contribution in [0.1, 0.15) is 23.6 Å². The van der Waals surface area contributed by atoms with Crippen LogP contribution in [-0.2, 0) is 11.4 Å². The molecule has 0 unspecified atom stereocenters. The van der Waals surface area contributed by atoms with Crippen molar-refractivity contribution in [2.24, 2.45) is 4.99 Å². The molecule has 4 aromatic carbocycles. The number of amides is 1. The van der Waals surface area contributed by atoms with E-state index in [2.05, 4.69) is 50.5 Å². The van der Waals surface area contributed by atoms with Crippen LogP contribution in [0, 0.1) is 6.92 Å². The fourth-order valence-electron chi connectivity index (χ4n) is 4.10. The Morgan fingerprint density at radius 1 is 1.05 bits per heavy atom. The van der Waals surface area contributed by atoms with Crippen LogP contribution >= 0.6 is 39.3 Å². The molecule has 5 nitrogen and oxygen atoms in total. The third kappa shape index (κ3) is 5.75. The quantitative estimate of drug-likeness (QED) is 0.214. The Morgan fingerprint density at radius 2 is 1.84 bits per heavy atom. The first-order chi connectivity index (χ1) is 18.4. The van der Waals surface area contributed by atoms with Crippen molar-refractivity contribution in [1.82, 2.24) is 5.32 Å². The van der Waals surface area contributed by atoms with E-state index in [-0.39, 0.29) is 5.91 Å². The lowest BCUT2D eigenvalue weighted by atomic mass is 10.1.